The minimum Gasteiger partial charge on any atom is -0.508 e. The van der Waals surface area contributed by atoms with Crippen LogP contribution in [0.25, 0.3) is 0 Å². The van der Waals surface area contributed by atoms with Gasteiger partial charge in [0.25, 0.3) is 0 Å². The molecule has 5 nitrogen and oxygen atoms in total. The summed E-state index contributed by atoms with van der Waals surface area (Å²) in [6, 6.07) is 21.6. The van der Waals surface area contributed by atoms with Crippen molar-refractivity contribution in [2.45, 2.75) is 27.7 Å². The molecule has 0 aromatic heterocycles. The van der Waals surface area contributed by atoms with Crippen LogP contribution in [0.4, 0.5) is 17.1 Å². The minimum atomic E-state index is 0.193. The zero-order valence-corrected chi connectivity index (χ0v) is 19.1. The highest BCUT2D eigenvalue weighted by molar-refractivity contribution is 5.83. The highest BCUT2D eigenvalue weighted by atomic mass is 16.5. The number of phenolic OH excluding ortho intramolecular Hbond substituents is 3. The summed E-state index contributed by atoms with van der Waals surface area (Å²) in [5.74, 6) is 1.91. The van der Waals surface area contributed by atoms with Crippen molar-refractivity contribution >= 4 is 17.1 Å². The van der Waals surface area contributed by atoms with Gasteiger partial charge in [0.05, 0.1) is 5.69 Å². The molecule has 4 aromatic carbocycles. The van der Waals surface area contributed by atoms with Crippen LogP contribution < -0.4 is 9.64 Å². The quantitative estimate of drug-likeness (QED) is 0.303. The number of ether oxygens (including phenoxy) is 1. The molecule has 0 amide bonds. The molecule has 0 saturated carbocycles. The van der Waals surface area contributed by atoms with Crippen LogP contribution in [0, 0.1) is 27.7 Å². The van der Waals surface area contributed by atoms with Crippen molar-refractivity contribution in [1.29, 1.82) is 0 Å². The maximum atomic E-state index is 9.99. The Kier molecular flexibility index (Phi) is 5.88. The Labute approximate surface area is 193 Å². The van der Waals surface area contributed by atoms with Gasteiger partial charge in [-0.25, -0.2) is 0 Å². The van der Waals surface area contributed by atoms with Crippen LogP contribution in [-0.2, 0) is 0 Å². The van der Waals surface area contributed by atoms with Crippen LogP contribution in [0.15, 0.2) is 72.8 Å². The van der Waals surface area contributed by atoms with E-state index in [1.54, 1.807) is 36.4 Å². The van der Waals surface area contributed by atoms with E-state index in [1.807, 2.05) is 64.1 Å². The Hall–Kier alpha value is -4.12. The molecule has 0 bridgehead atoms. The molecule has 5 heteroatoms. The second-order valence-corrected chi connectivity index (χ2v) is 8.26. The fourth-order valence-corrected chi connectivity index (χ4v) is 4.10. The van der Waals surface area contributed by atoms with E-state index < -0.39 is 0 Å². The number of anilines is 3. The largest absolute Gasteiger partial charge is 0.508 e. The van der Waals surface area contributed by atoms with E-state index >= 15 is 0 Å². The molecule has 0 aliphatic rings. The van der Waals surface area contributed by atoms with Gasteiger partial charge in [0.15, 0.2) is 5.75 Å². The number of phenols is 3. The maximum absolute atomic E-state index is 9.99. The Morgan fingerprint density at radius 1 is 0.545 bits per heavy atom. The van der Waals surface area contributed by atoms with Gasteiger partial charge < -0.3 is 25.0 Å². The third kappa shape index (κ3) is 4.44. The molecule has 0 fully saturated rings. The molecule has 33 heavy (non-hydrogen) atoms. The van der Waals surface area contributed by atoms with E-state index in [-0.39, 0.29) is 17.2 Å². The lowest BCUT2D eigenvalue weighted by molar-refractivity contribution is 0.459. The second kappa shape index (κ2) is 8.79. The smallest absolute Gasteiger partial charge is 0.151 e. The first-order chi connectivity index (χ1) is 15.7. The standard InChI is InChI=1S/C28H27NO4/c1-17-13-21(30)9-11-24(17)29(25-12-10-22(31)14-18(25)2)26-7-5-6-8-27(26)33-28-19(3)15-23(32)16-20(28)4/h5-16,30-32H,1-4H3. The zero-order chi connectivity index (χ0) is 23.7. The molecule has 4 rings (SSSR count). The zero-order valence-electron chi connectivity index (χ0n) is 19.1. The summed E-state index contributed by atoms with van der Waals surface area (Å²) in [7, 11) is 0. The lowest BCUT2D eigenvalue weighted by Crippen LogP contribution is -2.13. The highest BCUT2D eigenvalue weighted by Gasteiger charge is 2.21. The first-order valence-corrected chi connectivity index (χ1v) is 10.7. The predicted octanol–water partition coefficient (Wildman–Crippen LogP) is 7.30. The monoisotopic (exact) mass is 441 g/mol. The molecule has 0 aliphatic carbocycles. The fourth-order valence-electron chi connectivity index (χ4n) is 4.10. The van der Waals surface area contributed by atoms with Gasteiger partial charge in [-0.05, 0) is 111 Å². The SMILES string of the molecule is Cc1cc(O)ccc1N(c1ccc(O)cc1C)c1ccccc1Oc1c(C)cc(O)cc1C. The Morgan fingerprint density at radius 2 is 1.03 bits per heavy atom. The Balaban J connectivity index is 1.92. The van der Waals surface area contributed by atoms with Crippen molar-refractivity contribution in [3.63, 3.8) is 0 Å². The number of rotatable bonds is 5. The molecule has 0 unspecified atom stereocenters. The normalized spacial score (nSPS) is 10.8. The van der Waals surface area contributed by atoms with Crippen molar-refractivity contribution in [3.05, 3.63) is 95.1 Å². The summed E-state index contributed by atoms with van der Waals surface area (Å²) < 4.78 is 6.43. The van der Waals surface area contributed by atoms with Gasteiger partial charge in [-0.1, -0.05) is 12.1 Å². The average molecular weight is 442 g/mol. The first kappa shape index (κ1) is 22.1. The number of hydrogen-bond acceptors (Lipinski definition) is 5. The lowest BCUT2D eigenvalue weighted by Gasteiger charge is -2.30. The number of nitrogens with zero attached hydrogens (tertiary/aromatic N) is 1. The van der Waals surface area contributed by atoms with E-state index in [0.29, 0.717) is 11.5 Å². The van der Waals surface area contributed by atoms with Gasteiger partial charge in [0.2, 0.25) is 0 Å². The van der Waals surface area contributed by atoms with E-state index in [1.165, 1.54) is 0 Å². The first-order valence-electron chi connectivity index (χ1n) is 10.7. The van der Waals surface area contributed by atoms with Crippen LogP contribution in [0.1, 0.15) is 22.3 Å². The molecule has 0 aliphatic heterocycles. The van der Waals surface area contributed by atoms with Gasteiger partial charge >= 0.3 is 0 Å². The van der Waals surface area contributed by atoms with E-state index in [2.05, 4.69) is 4.90 Å². The van der Waals surface area contributed by atoms with Gasteiger partial charge in [0, 0.05) is 11.4 Å². The number of hydrogen-bond donors (Lipinski definition) is 3. The molecule has 0 atom stereocenters. The van der Waals surface area contributed by atoms with Gasteiger partial charge in [-0.15, -0.1) is 0 Å². The van der Waals surface area contributed by atoms with Crippen molar-refractivity contribution in [2.24, 2.45) is 0 Å². The summed E-state index contributed by atoms with van der Waals surface area (Å²) in [5.41, 5.74) is 5.97. The third-order valence-electron chi connectivity index (χ3n) is 5.61. The van der Waals surface area contributed by atoms with E-state index in [4.69, 9.17) is 4.74 Å². The molecule has 0 radical (unpaired) electrons. The van der Waals surface area contributed by atoms with Gasteiger partial charge in [0.1, 0.15) is 23.0 Å². The summed E-state index contributed by atoms with van der Waals surface area (Å²) in [5, 5.41) is 29.9. The molecule has 0 spiro atoms. The van der Waals surface area contributed by atoms with Gasteiger partial charge in [-0.3, -0.25) is 0 Å². The summed E-state index contributed by atoms with van der Waals surface area (Å²) >= 11 is 0. The Bertz CT molecular complexity index is 1260. The van der Waals surface area contributed by atoms with Crippen LogP contribution in [0.5, 0.6) is 28.7 Å². The molecule has 4 aromatic rings. The van der Waals surface area contributed by atoms with Crippen molar-refractivity contribution < 1.29 is 20.1 Å². The summed E-state index contributed by atoms with van der Waals surface area (Å²) in [4.78, 5) is 2.06. The number of para-hydroxylation sites is 2. The van der Waals surface area contributed by atoms with E-state index in [0.717, 1.165) is 39.3 Å². The van der Waals surface area contributed by atoms with Crippen LogP contribution in [0.3, 0.4) is 0 Å². The third-order valence-corrected chi connectivity index (χ3v) is 5.61. The predicted molar refractivity (Wildman–Crippen MR) is 132 cm³/mol. The number of aryl methyl sites for hydroxylation is 4. The van der Waals surface area contributed by atoms with Crippen molar-refractivity contribution in [1.82, 2.24) is 0 Å². The lowest BCUT2D eigenvalue weighted by atomic mass is 10.1. The molecular weight excluding hydrogens is 414 g/mol. The average Bonchev–Trinajstić information content (AvgIpc) is 2.74. The van der Waals surface area contributed by atoms with E-state index in [9.17, 15) is 15.3 Å². The van der Waals surface area contributed by atoms with Crippen LogP contribution in [-0.4, -0.2) is 15.3 Å². The van der Waals surface area contributed by atoms with Crippen LogP contribution >= 0.6 is 0 Å². The molecule has 3 N–H and O–H groups in total. The highest BCUT2D eigenvalue weighted by Crippen LogP contribution is 2.45. The van der Waals surface area contributed by atoms with Crippen molar-refractivity contribution in [3.8, 4) is 28.7 Å². The molecular formula is C28H27NO4. The van der Waals surface area contributed by atoms with Gasteiger partial charge in [-0.2, -0.15) is 0 Å². The summed E-state index contributed by atoms with van der Waals surface area (Å²) in [6.45, 7) is 7.68. The number of benzene rings is 4. The minimum absolute atomic E-state index is 0.193. The number of aromatic hydroxyl groups is 3. The molecule has 0 heterocycles. The Morgan fingerprint density at radius 3 is 1.55 bits per heavy atom. The van der Waals surface area contributed by atoms with Crippen LogP contribution in [0.2, 0.25) is 0 Å². The summed E-state index contributed by atoms with van der Waals surface area (Å²) in [6.07, 6.45) is 0. The maximum Gasteiger partial charge on any atom is 0.151 e. The second-order valence-electron chi connectivity index (χ2n) is 8.26. The fraction of sp³-hybridized carbons (Fsp3) is 0.143. The van der Waals surface area contributed by atoms with Crippen molar-refractivity contribution in [2.75, 3.05) is 4.90 Å². The molecule has 0 saturated heterocycles. The molecule has 168 valence electrons. The topological polar surface area (TPSA) is 73.2 Å².